The van der Waals surface area contributed by atoms with Crippen LogP contribution in [0.1, 0.15) is 26.7 Å². The highest BCUT2D eigenvalue weighted by Gasteiger charge is 2.27. The predicted octanol–water partition coefficient (Wildman–Crippen LogP) is 1.15. The Kier molecular flexibility index (Phi) is 5.45. The van der Waals surface area contributed by atoms with Crippen LogP contribution in [0, 0.1) is 5.92 Å². The summed E-state index contributed by atoms with van der Waals surface area (Å²) in [5.74, 6) is 0.598. The van der Waals surface area contributed by atoms with Gasteiger partial charge >= 0.3 is 6.03 Å². The molecule has 0 spiro atoms. The fourth-order valence-corrected chi connectivity index (χ4v) is 2.76. The van der Waals surface area contributed by atoms with E-state index in [1.54, 1.807) is 0 Å². The smallest absolute Gasteiger partial charge is 0.320 e. The number of rotatable bonds is 3. The monoisotopic (exact) mass is 269 g/mol. The minimum Gasteiger partial charge on any atom is -0.378 e. The first kappa shape index (κ1) is 14.6. The normalized spacial score (nSPS) is 24.9. The van der Waals surface area contributed by atoms with Crippen molar-refractivity contribution in [3.63, 3.8) is 0 Å². The van der Waals surface area contributed by atoms with Gasteiger partial charge in [0.25, 0.3) is 0 Å². The van der Waals surface area contributed by atoms with Crippen molar-refractivity contribution in [2.75, 3.05) is 45.9 Å². The number of carbonyl (C=O) groups is 1. The van der Waals surface area contributed by atoms with Crippen molar-refractivity contribution in [3.8, 4) is 0 Å². The Hall–Kier alpha value is -0.810. The molecule has 0 bridgehead atoms. The Morgan fingerprint density at radius 2 is 2.00 bits per heavy atom. The predicted molar refractivity (Wildman–Crippen MR) is 75.2 cm³/mol. The fourth-order valence-electron chi connectivity index (χ4n) is 2.76. The van der Waals surface area contributed by atoms with Crippen molar-refractivity contribution < 1.29 is 9.53 Å². The lowest BCUT2D eigenvalue weighted by molar-refractivity contribution is 0.0391. The van der Waals surface area contributed by atoms with Gasteiger partial charge in [0.1, 0.15) is 0 Å². The van der Waals surface area contributed by atoms with Gasteiger partial charge in [-0.25, -0.2) is 4.79 Å². The lowest BCUT2D eigenvalue weighted by Crippen LogP contribution is -2.52. The van der Waals surface area contributed by atoms with Gasteiger partial charge in [0.15, 0.2) is 0 Å². The molecule has 110 valence electrons. The molecular weight excluding hydrogens is 242 g/mol. The maximum atomic E-state index is 12.4. The standard InChI is InChI=1S/C14H27N3O2/c1-12(2)15-10-13-4-3-5-17(11-13)14(18)16-6-8-19-9-7-16/h12-13,15H,3-11H2,1-2H3. The minimum atomic E-state index is 0.206. The van der Waals surface area contributed by atoms with Gasteiger partial charge in [-0.1, -0.05) is 13.8 Å². The van der Waals surface area contributed by atoms with E-state index in [1.807, 2.05) is 9.80 Å². The van der Waals surface area contributed by atoms with Gasteiger partial charge in [0, 0.05) is 32.2 Å². The molecule has 1 unspecified atom stereocenters. The number of nitrogens with zero attached hydrogens (tertiary/aromatic N) is 2. The van der Waals surface area contributed by atoms with Gasteiger partial charge in [-0.3, -0.25) is 0 Å². The third-order valence-corrected chi connectivity index (χ3v) is 3.89. The number of piperidine rings is 1. The molecule has 2 rings (SSSR count). The highest BCUT2D eigenvalue weighted by molar-refractivity contribution is 5.74. The van der Waals surface area contributed by atoms with Crippen LogP contribution >= 0.6 is 0 Å². The van der Waals surface area contributed by atoms with Gasteiger partial charge < -0.3 is 19.9 Å². The summed E-state index contributed by atoms with van der Waals surface area (Å²) in [6, 6.07) is 0.725. The molecule has 2 fully saturated rings. The second-order valence-corrected chi connectivity index (χ2v) is 5.90. The second kappa shape index (κ2) is 7.10. The number of nitrogens with one attached hydrogen (secondary N) is 1. The SMILES string of the molecule is CC(C)NCC1CCCN(C(=O)N2CCOCC2)C1. The van der Waals surface area contributed by atoms with Crippen LogP contribution in [0.5, 0.6) is 0 Å². The van der Waals surface area contributed by atoms with Gasteiger partial charge in [-0.2, -0.15) is 0 Å². The topological polar surface area (TPSA) is 44.8 Å². The summed E-state index contributed by atoms with van der Waals surface area (Å²) in [6.45, 7) is 10.00. The maximum absolute atomic E-state index is 12.4. The van der Waals surface area contributed by atoms with E-state index >= 15 is 0 Å². The average Bonchev–Trinajstić information content (AvgIpc) is 2.45. The lowest BCUT2D eigenvalue weighted by Gasteiger charge is -2.37. The first-order valence-electron chi connectivity index (χ1n) is 7.52. The molecule has 0 saturated carbocycles. The molecule has 0 aromatic heterocycles. The third kappa shape index (κ3) is 4.35. The zero-order chi connectivity index (χ0) is 13.7. The van der Waals surface area contributed by atoms with E-state index in [2.05, 4.69) is 19.2 Å². The maximum Gasteiger partial charge on any atom is 0.320 e. The van der Waals surface area contributed by atoms with Crippen molar-refractivity contribution in [2.24, 2.45) is 5.92 Å². The van der Waals surface area contributed by atoms with Crippen molar-refractivity contribution in [1.82, 2.24) is 15.1 Å². The third-order valence-electron chi connectivity index (χ3n) is 3.89. The van der Waals surface area contributed by atoms with Crippen LogP contribution in [-0.2, 0) is 4.74 Å². The zero-order valence-corrected chi connectivity index (χ0v) is 12.2. The van der Waals surface area contributed by atoms with Crippen molar-refractivity contribution in [1.29, 1.82) is 0 Å². The van der Waals surface area contributed by atoms with Crippen LogP contribution in [0.3, 0.4) is 0 Å². The van der Waals surface area contributed by atoms with Crippen LogP contribution in [0.4, 0.5) is 4.79 Å². The van der Waals surface area contributed by atoms with Crippen LogP contribution < -0.4 is 5.32 Å². The number of ether oxygens (including phenoxy) is 1. The van der Waals surface area contributed by atoms with Crippen LogP contribution in [0.25, 0.3) is 0 Å². The molecule has 2 heterocycles. The molecule has 1 atom stereocenters. The number of amides is 2. The molecular formula is C14H27N3O2. The molecule has 0 radical (unpaired) electrons. The van der Waals surface area contributed by atoms with Gasteiger partial charge in [-0.15, -0.1) is 0 Å². The second-order valence-electron chi connectivity index (χ2n) is 5.90. The molecule has 0 aliphatic carbocycles. The number of likely N-dealkylation sites (tertiary alicyclic amines) is 1. The minimum absolute atomic E-state index is 0.206. The number of urea groups is 1. The fraction of sp³-hybridized carbons (Fsp3) is 0.929. The molecule has 0 aromatic carbocycles. The molecule has 2 aliphatic rings. The summed E-state index contributed by atoms with van der Waals surface area (Å²) >= 11 is 0. The quantitative estimate of drug-likeness (QED) is 0.836. The Bertz CT molecular complexity index is 290. The van der Waals surface area contributed by atoms with E-state index < -0.39 is 0 Å². The van der Waals surface area contributed by atoms with E-state index in [0.29, 0.717) is 25.2 Å². The van der Waals surface area contributed by atoms with E-state index in [4.69, 9.17) is 4.74 Å². The van der Waals surface area contributed by atoms with Crippen molar-refractivity contribution >= 4 is 6.03 Å². The van der Waals surface area contributed by atoms with Gasteiger partial charge in [0.05, 0.1) is 13.2 Å². The molecule has 2 aliphatic heterocycles. The van der Waals surface area contributed by atoms with Gasteiger partial charge in [0.2, 0.25) is 0 Å². The van der Waals surface area contributed by atoms with E-state index in [-0.39, 0.29) is 6.03 Å². The first-order valence-corrected chi connectivity index (χ1v) is 7.52. The molecule has 1 N–H and O–H groups in total. The van der Waals surface area contributed by atoms with Crippen LogP contribution in [0.15, 0.2) is 0 Å². The largest absolute Gasteiger partial charge is 0.378 e. The average molecular weight is 269 g/mol. The Balaban J connectivity index is 1.80. The molecule has 19 heavy (non-hydrogen) atoms. The Morgan fingerprint density at radius 1 is 1.26 bits per heavy atom. The number of hydrogen-bond donors (Lipinski definition) is 1. The highest BCUT2D eigenvalue weighted by Crippen LogP contribution is 2.17. The summed E-state index contributed by atoms with van der Waals surface area (Å²) < 4.78 is 5.30. The highest BCUT2D eigenvalue weighted by atomic mass is 16.5. The zero-order valence-electron chi connectivity index (χ0n) is 12.2. The first-order chi connectivity index (χ1) is 9.16. The van der Waals surface area contributed by atoms with Crippen LogP contribution in [0.2, 0.25) is 0 Å². The molecule has 5 nitrogen and oxygen atoms in total. The Labute approximate surface area is 116 Å². The number of carbonyl (C=O) groups excluding carboxylic acids is 1. The summed E-state index contributed by atoms with van der Waals surface area (Å²) in [4.78, 5) is 16.4. The summed E-state index contributed by atoms with van der Waals surface area (Å²) in [5, 5.41) is 3.48. The molecule has 2 saturated heterocycles. The Morgan fingerprint density at radius 3 is 2.68 bits per heavy atom. The molecule has 5 heteroatoms. The van der Waals surface area contributed by atoms with E-state index in [9.17, 15) is 4.79 Å². The van der Waals surface area contributed by atoms with Crippen molar-refractivity contribution in [2.45, 2.75) is 32.7 Å². The van der Waals surface area contributed by atoms with Crippen molar-refractivity contribution in [3.05, 3.63) is 0 Å². The molecule has 0 aromatic rings. The molecule has 2 amide bonds. The summed E-state index contributed by atoms with van der Waals surface area (Å²) in [7, 11) is 0. The number of hydrogen-bond acceptors (Lipinski definition) is 3. The van der Waals surface area contributed by atoms with E-state index in [1.165, 1.54) is 6.42 Å². The van der Waals surface area contributed by atoms with E-state index in [0.717, 1.165) is 39.1 Å². The van der Waals surface area contributed by atoms with Crippen LogP contribution in [-0.4, -0.2) is 67.8 Å². The lowest BCUT2D eigenvalue weighted by atomic mass is 9.98. The number of morpholine rings is 1. The summed E-state index contributed by atoms with van der Waals surface area (Å²) in [5.41, 5.74) is 0. The summed E-state index contributed by atoms with van der Waals surface area (Å²) in [6.07, 6.45) is 2.35. The van der Waals surface area contributed by atoms with Gasteiger partial charge in [-0.05, 0) is 25.3 Å².